The number of rotatable bonds is 5. The average Bonchev–Trinajstić information content (AvgIpc) is 3.06. The molecule has 124 valence electrons. The van der Waals surface area contributed by atoms with Gasteiger partial charge in [0.2, 0.25) is 6.79 Å². The second-order valence-electron chi connectivity index (χ2n) is 5.48. The van der Waals surface area contributed by atoms with E-state index in [2.05, 4.69) is 10.5 Å². The van der Waals surface area contributed by atoms with Crippen LogP contribution in [0.1, 0.15) is 29.3 Å². The monoisotopic (exact) mass is 344 g/mol. The summed E-state index contributed by atoms with van der Waals surface area (Å²) >= 11 is 5.80. The van der Waals surface area contributed by atoms with E-state index in [1.54, 1.807) is 24.3 Å². The van der Waals surface area contributed by atoms with E-state index in [-0.39, 0.29) is 12.7 Å². The number of carbonyl (C=O) groups excluding carboxylic acids is 1. The lowest BCUT2D eigenvalue weighted by Crippen LogP contribution is -2.19. The van der Waals surface area contributed by atoms with Crippen molar-refractivity contribution in [2.24, 2.45) is 5.10 Å². The number of halogens is 1. The van der Waals surface area contributed by atoms with Crippen LogP contribution >= 0.6 is 11.6 Å². The summed E-state index contributed by atoms with van der Waals surface area (Å²) in [5.41, 5.74) is 5.06. The SMILES string of the molecule is CC(CCc1ccc2c(c1)OCO2)=NNC(=O)c1ccc(Cl)cc1. The van der Waals surface area contributed by atoms with Gasteiger partial charge < -0.3 is 9.47 Å². The second kappa shape index (κ2) is 7.36. The Bertz CT molecular complexity index is 772. The van der Waals surface area contributed by atoms with Gasteiger partial charge in [0.15, 0.2) is 11.5 Å². The predicted molar refractivity (Wildman–Crippen MR) is 92.9 cm³/mol. The Hall–Kier alpha value is -2.53. The summed E-state index contributed by atoms with van der Waals surface area (Å²) in [6.07, 6.45) is 1.54. The van der Waals surface area contributed by atoms with Crippen LogP contribution in [0, 0.1) is 0 Å². The molecule has 2 aromatic rings. The van der Waals surface area contributed by atoms with Gasteiger partial charge in [-0.05, 0) is 61.7 Å². The maximum Gasteiger partial charge on any atom is 0.271 e. The van der Waals surface area contributed by atoms with Gasteiger partial charge in [0.1, 0.15) is 0 Å². The number of ether oxygens (including phenoxy) is 2. The third-order valence-electron chi connectivity index (χ3n) is 3.67. The molecule has 0 bridgehead atoms. The molecule has 1 aliphatic rings. The van der Waals surface area contributed by atoms with E-state index in [4.69, 9.17) is 21.1 Å². The van der Waals surface area contributed by atoms with Crippen molar-refractivity contribution in [3.05, 3.63) is 58.6 Å². The third-order valence-corrected chi connectivity index (χ3v) is 3.92. The Balaban J connectivity index is 1.52. The lowest BCUT2D eigenvalue weighted by atomic mass is 10.1. The highest BCUT2D eigenvalue weighted by atomic mass is 35.5. The van der Waals surface area contributed by atoms with Gasteiger partial charge >= 0.3 is 0 Å². The van der Waals surface area contributed by atoms with Crippen LogP contribution in [0.4, 0.5) is 0 Å². The molecule has 3 rings (SSSR count). The quantitative estimate of drug-likeness (QED) is 0.662. The highest BCUT2D eigenvalue weighted by molar-refractivity contribution is 6.30. The first-order valence-corrected chi connectivity index (χ1v) is 7.97. The van der Waals surface area contributed by atoms with Gasteiger partial charge in [0, 0.05) is 16.3 Å². The molecule has 2 aromatic carbocycles. The Morgan fingerprint density at radius 1 is 1.17 bits per heavy atom. The summed E-state index contributed by atoms with van der Waals surface area (Å²) in [5.74, 6) is 1.30. The molecule has 1 amide bonds. The van der Waals surface area contributed by atoms with E-state index in [1.807, 2.05) is 25.1 Å². The van der Waals surface area contributed by atoms with Crippen LogP contribution in [0.15, 0.2) is 47.6 Å². The molecule has 0 aromatic heterocycles. The maximum atomic E-state index is 12.0. The average molecular weight is 345 g/mol. The highest BCUT2D eigenvalue weighted by Crippen LogP contribution is 2.32. The second-order valence-corrected chi connectivity index (χ2v) is 5.92. The lowest BCUT2D eigenvalue weighted by molar-refractivity contribution is 0.0954. The fourth-order valence-corrected chi connectivity index (χ4v) is 2.42. The number of hydrazone groups is 1. The summed E-state index contributed by atoms with van der Waals surface area (Å²) < 4.78 is 10.7. The Labute approximate surface area is 145 Å². The molecule has 1 N–H and O–H groups in total. The molecule has 0 atom stereocenters. The molecule has 0 unspecified atom stereocenters. The van der Waals surface area contributed by atoms with Gasteiger partial charge in [0.05, 0.1) is 0 Å². The number of nitrogens with one attached hydrogen (secondary N) is 1. The van der Waals surface area contributed by atoms with Crippen molar-refractivity contribution in [3.63, 3.8) is 0 Å². The number of carbonyl (C=O) groups is 1. The molecule has 5 nitrogen and oxygen atoms in total. The van der Waals surface area contributed by atoms with Crippen LogP contribution in [0.3, 0.4) is 0 Å². The normalized spacial score (nSPS) is 13.0. The van der Waals surface area contributed by atoms with Crippen LogP contribution in [-0.4, -0.2) is 18.4 Å². The molecule has 6 heteroatoms. The zero-order valence-corrected chi connectivity index (χ0v) is 14.0. The lowest BCUT2D eigenvalue weighted by Gasteiger charge is -2.04. The van der Waals surface area contributed by atoms with E-state index in [9.17, 15) is 4.79 Å². The largest absolute Gasteiger partial charge is 0.454 e. The number of nitrogens with zero attached hydrogens (tertiary/aromatic N) is 1. The number of hydrogen-bond acceptors (Lipinski definition) is 4. The summed E-state index contributed by atoms with van der Waals surface area (Å²) in [7, 11) is 0. The van der Waals surface area contributed by atoms with E-state index < -0.39 is 0 Å². The minimum absolute atomic E-state index is 0.255. The Morgan fingerprint density at radius 2 is 1.92 bits per heavy atom. The van der Waals surface area contributed by atoms with Gasteiger partial charge in [-0.15, -0.1) is 0 Å². The van der Waals surface area contributed by atoms with Crippen molar-refractivity contribution in [1.29, 1.82) is 0 Å². The minimum Gasteiger partial charge on any atom is -0.454 e. The first kappa shape index (κ1) is 16.3. The van der Waals surface area contributed by atoms with Gasteiger partial charge in [-0.25, -0.2) is 5.43 Å². The number of hydrogen-bond donors (Lipinski definition) is 1. The maximum absolute atomic E-state index is 12.0. The van der Waals surface area contributed by atoms with Crippen molar-refractivity contribution in [1.82, 2.24) is 5.43 Å². The first-order chi connectivity index (χ1) is 11.6. The summed E-state index contributed by atoms with van der Waals surface area (Å²) in [6.45, 7) is 2.16. The van der Waals surface area contributed by atoms with Crippen LogP contribution in [0.25, 0.3) is 0 Å². The molecule has 0 saturated heterocycles. The van der Waals surface area contributed by atoms with Crippen molar-refractivity contribution in [3.8, 4) is 11.5 Å². The topological polar surface area (TPSA) is 59.9 Å². The minimum atomic E-state index is -0.255. The van der Waals surface area contributed by atoms with Crippen molar-refractivity contribution >= 4 is 23.2 Å². The summed E-state index contributed by atoms with van der Waals surface area (Å²) in [4.78, 5) is 12.0. The molecule has 0 saturated carbocycles. The molecule has 24 heavy (non-hydrogen) atoms. The number of amides is 1. The van der Waals surface area contributed by atoms with Crippen LogP contribution in [0.2, 0.25) is 5.02 Å². The standard InChI is InChI=1S/C18H17ClN2O3/c1-12(20-21-18(22)14-5-7-15(19)8-6-14)2-3-13-4-9-16-17(10-13)24-11-23-16/h4-10H,2-3,11H2,1H3,(H,21,22). The van der Waals surface area contributed by atoms with Gasteiger partial charge in [-0.1, -0.05) is 17.7 Å². The molecule has 0 radical (unpaired) electrons. The van der Waals surface area contributed by atoms with E-state index in [0.717, 1.165) is 35.6 Å². The fraction of sp³-hybridized carbons (Fsp3) is 0.222. The van der Waals surface area contributed by atoms with Crippen molar-refractivity contribution in [2.45, 2.75) is 19.8 Å². The molecule has 1 heterocycles. The Kier molecular flexibility index (Phi) is 5.01. The number of aryl methyl sites for hydroxylation is 1. The summed E-state index contributed by atoms with van der Waals surface area (Å²) in [6, 6.07) is 12.6. The van der Waals surface area contributed by atoms with E-state index in [1.165, 1.54) is 0 Å². The molecule has 0 fully saturated rings. The van der Waals surface area contributed by atoms with Gasteiger partial charge in [-0.2, -0.15) is 5.10 Å². The molecule has 0 spiro atoms. The molecular weight excluding hydrogens is 328 g/mol. The van der Waals surface area contributed by atoms with Crippen LogP contribution in [0.5, 0.6) is 11.5 Å². The number of benzene rings is 2. The zero-order valence-electron chi connectivity index (χ0n) is 13.2. The van der Waals surface area contributed by atoms with Crippen molar-refractivity contribution < 1.29 is 14.3 Å². The molecule has 0 aliphatic carbocycles. The van der Waals surface area contributed by atoms with Crippen LogP contribution in [-0.2, 0) is 6.42 Å². The first-order valence-electron chi connectivity index (χ1n) is 7.59. The number of fused-ring (bicyclic) bond motifs is 1. The van der Waals surface area contributed by atoms with E-state index >= 15 is 0 Å². The van der Waals surface area contributed by atoms with Crippen molar-refractivity contribution in [2.75, 3.05) is 6.79 Å². The zero-order chi connectivity index (χ0) is 16.9. The predicted octanol–water partition coefficient (Wildman–Crippen LogP) is 3.81. The highest BCUT2D eigenvalue weighted by Gasteiger charge is 2.13. The van der Waals surface area contributed by atoms with Gasteiger partial charge in [0.25, 0.3) is 5.91 Å². The molecule has 1 aliphatic heterocycles. The third kappa shape index (κ3) is 4.06. The van der Waals surface area contributed by atoms with Crippen LogP contribution < -0.4 is 14.9 Å². The van der Waals surface area contributed by atoms with E-state index in [0.29, 0.717) is 10.6 Å². The fourth-order valence-electron chi connectivity index (χ4n) is 2.29. The Morgan fingerprint density at radius 3 is 2.71 bits per heavy atom. The summed E-state index contributed by atoms with van der Waals surface area (Å²) in [5, 5.41) is 4.73. The smallest absolute Gasteiger partial charge is 0.271 e. The van der Waals surface area contributed by atoms with Gasteiger partial charge in [-0.3, -0.25) is 4.79 Å². The molecular formula is C18H17ClN2O3.